The van der Waals surface area contributed by atoms with E-state index in [1.54, 1.807) is 6.07 Å². The van der Waals surface area contributed by atoms with E-state index >= 15 is 0 Å². The summed E-state index contributed by atoms with van der Waals surface area (Å²) < 4.78 is 13.4. The minimum absolute atomic E-state index is 0.111. The molecule has 1 aromatic carbocycles. The quantitative estimate of drug-likeness (QED) is 0.874. The van der Waals surface area contributed by atoms with Crippen LogP contribution in [-0.2, 0) is 11.2 Å². The van der Waals surface area contributed by atoms with Gasteiger partial charge in [-0.1, -0.05) is 0 Å². The van der Waals surface area contributed by atoms with Crippen molar-refractivity contribution in [3.05, 3.63) is 35.3 Å². The van der Waals surface area contributed by atoms with Crippen molar-refractivity contribution in [1.29, 1.82) is 0 Å². The lowest BCUT2D eigenvalue weighted by Crippen LogP contribution is -2.46. The molecule has 3 rings (SSSR count). The average molecular weight is 275 g/mol. The zero-order valence-corrected chi connectivity index (χ0v) is 11.5. The number of halogens is 1. The monoisotopic (exact) mass is 275 g/mol. The van der Waals surface area contributed by atoms with E-state index in [2.05, 4.69) is 10.3 Å². The van der Waals surface area contributed by atoms with Crippen molar-refractivity contribution in [2.24, 2.45) is 0 Å². The minimum Gasteiger partial charge on any atom is -0.358 e. The SMILES string of the molecule is Cc1[nH]c2ccc(F)cc2c1CC(=O)N1CCNCC1. The number of aryl methyl sites for hydroxylation is 1. The Bertz CT molecular complexity index is 644. The first kappa shape index (κ1) is 13.1. The Balaban J connectivity index is 1.88. The van der Waals surface area contributed by atoms with Crippen molar-refractivity contribution >= 4 is 16.8 Å². The van der Waals surface area contributed by atoms with Gasteiger partial charge in [0.25, 0.3) is 0 Å². The molecule has 2 N–H and O–H groups in total. The number of nitrogens with zero attached hydrogens (tertiary/aromatic N) is 1. The minimum atomic E-state index is -0.271. The molecule has 4 nitrogen and oxygen atoms in total. The number of carbonyl (C=O) groups excluding carboxylic acids is 1. The van der Waals surface area contributed by atoms with Crippen molar-refractivity contribution in [1.82, 2.24) is 15.2 Å². The lowest BCUT2D eigenvalue weighted by Gasteiger charge is -2.27. The molecule has 1 aliphatic heterocycles. The van der Waals surface area contributed by atoms with E-state index in [4.69, 9.17) is 0 Å². The number of nitrogens with one attached hydrogen (secondary N) is 2. The van der Waals surface area contributed by atoms with Crippen LogP contribution in [0.3, 0.4) is 0 Å². The van der Waals surface area contributed by atoms with Crippen LogP contribution in [0.15, 0.2) is 18.2 Å². The van der Waals surface area contributed by atoms with Gasteiger partial charge in [0.2, 0.25) is 5.91 Å². The molecule has 1 aliphatic rings. The standard InChI is InChI=1S/C15H18FN3O/c1-10-12(9-15(20)19-6-4-17-5-7-19)13-8-11(16)2-3-14(13)18-10/h2-3,8,17-18H,4-7,9H2,1H3. The van der Waals surface area contributed by atoms with Gasteiger partial charge in [0, 0.05) is 42.8 Å². The number of piperazine rings is 1. The van der Waals surface area contributed by atoms with Crippen molar-refractivity contribution in [3.63, 3.8) is 0 Å². The predicted molar refractivity (Wildman–Crippen MR) is 76.1 cm³/mol. The summed E-state index contributed by atoms with van der Waals surface area (Å²) in [7, 11) is 0. The molecule has 1 fully saturated rings. The van der Waals surface area contributed by atoms with E-state index in [-0.39, 0.29) is 11.7 Å². The molecule has 0 radical (unpaired) electrons. The van der Waals surface area contributed by atoms with Crippen molar-refractivity contribution in [3.8, 4) is 0 Å². The van der Waals surface area contributed by atoms with Gasteiger partial charge in [-0.25, -0.2) is 4.39 Å². The van der Waals surface area contributed by atoms with Crippen LogP contribution in [0, 0.1) is 12.7 Å². The molecule has 106 valence electrons. The Morgan fingerprint density at radius 1 is 1.35 bits per heavy atom. The van der Waals surface area contributed by atoms with Crippen LogP contribution in [0.25, 0.3) is 10.9 Å². The maximum absolute atomic E-state index is 13.4. The second-order valence-electron chi connectivity index (χ2n) is 5.23. The first-order valence-electron chi connectivity index (χ1n) is 6.90. The van der Waals surface area contributed by atoms with Gasteiger partial charge in [0.05, 0.1) is 6.42 Å². The van der Waals surface area contributed by atoms with E-state index in [0.29, 0.717) is 6.42 Å². The number of aromatic amines is 1. The summed E-state index contributed by atoms with van der Waals surface area (Å²) in [6.45, 7) is 5.10. The van der Waals surface area contributed by atoms with Gasteiger partial charge in [-0.15, -0.1) is 0 Å². The molecule has 0 atom stereocenters. The van der Waals surface area contributed by atoms with Gasteiger partial charge in [-0.3, -0.25) is 4.79 Å². The number of hydrogen-bond acceptors (Lipinski definition) is 2. The molecule has 0 spiro atoms. The summed E-state index contributed by atoms with van der Waals surface area (Å²) in [5, 5.41) is 4.04. The number of rotatable bonds is 2. The second kappa shape index (κ2) is 5.25. The maximum Gasteiger partial charge on any atom is 0.227 e. The van der Waals surface area contributed by atoms with Gasteiger partial charge in [-0.05, 0) is 30.7 Å². The highest BCUT2D eigenvalue weighted by molar-refractivity contribution is 5.90. The predicted octanol–water partition coefficient (Wildman–Crippen LogP) is 1.59. The maximum atomic E-state index is 13.4. The summed E-state index contributed by atoms with van der Waals surface area (Å²) in [5.74, 6) is -0.160. The number of hydrogen-bond donors (Lipinski definition) is 2. The highest BCUT2D eigenvalue weighted by Crippen LogP contribution is 2.24. The molecule has 1 saturated heterocycles. The Hall–Kier alpha value is -1.88. The summed E-state index contributed by atoms with van der Waals surface area (Å²) in [4.78, 5) is 17.4. The van der Waals surface area contributed by atoms with Crippen LogP contribution in [0.4, 0.5) is 4.39 Å². The third kappa shape index (κ3) is 2.41. The Morgan fingerprint density at radius 2 is 2.10 bits per heavy atom. The van der Waals surface area contributed by atoms with Crippen molar-refractivity contribution in [2.75, 3.05) is 26.2 Å². The van der Waals surface area contributed by atoms with Gasteiger partial charge in [0.1, 0.15) is 5.82 Å². The van der Waals surface area contributed by atoms with Crippen LogP contribution < -0.4 is 5.32 Å². The van der Waals surface area contributed by atoms with Gasteiger partial charge in [-0.2, -0.15) is 0 Å². The number of amides is 1. The highest BCUT2D eigenvalue weighted by Gasteiger charge is 2.19. The topological polar surface area (TPSA) is 48.1 Å². The highest BCUT2D eigenvalue weighted by atomic mass is 19.1. The normalized spacial score (nSPS) is 15.8. The fraction of sp³-hybridized carbons (Fsp3) is 0.400. The molecular weight excluding hydrogens is 257 g/mol. The van der Waals surface area contributed by atoms with Gasteiger partial charge >= 0.3 is 0 Å². The number of benzene rings is 1. The van der Waals surface area contributed by atoms with E-state index in [1.165, 1.54) is 12.1 Å². The first-order valence-corrected chi connectivity index (χ1v) is 6.90. The average Bonchev–Trinajstić information content (AvgIpc) is 2.76. The Kier molecular flexibility index (Phi) is 3.44. The van der Waals surface area contributed by atoms with E-state index in [0.717, 1.165) is 48.3 Å². The van der Waals surface area contributed by atoms with E-state index in [9.17, 15) is 9.18 Å². The third-order valence-corrected chi connectivity index (χ3v) is 3.88. The molecule has 1 aromatic heterocycles. The zero-order valence-electron chi connectivity index (χ0n) is 11.5. The van der Waals surface area contributed by atoms with E-state index < -0.39 is 0 Å². The summed E-state index contributed by atoms with van der Waals surface area (Å²) in [5.41, 5.74) is 2.73. The third-order valence-electron chi connectivity index (χ3n) is 3.88. The number of fused-ring (bicyclic) bond motifs is 1. The molecule has 0 bridgehead atoms. The zero-order chi connectivity index (χ0) is 14.1. The van der Waals surface area contributed by atoms with Gasteiger partial charge < -0.3 is 15.2 Å². The van der Waals surface area contributed by atoms with Crippen LogP contribution in [-0.4, -0.2) is 42.0 Å². The van der Waals surface area contributed by atoms with Crippen molar-refractivity contribution in [2.45, 2.75) is 13.3 Å². The van der Waals surface area contributed by atoms with Crippen LogP contribution in [0.2, 0.25) is 0 Å². The fourth-order valence-electron chi connectivity index (χ4n) is 2.76. The summed E-state index contributed by atoms with van der Waals surface area (Å²) in [6, 6.07) is 4.65. The first-order chi connectivity index (χ1) is 9.65. The number of carbonyl (C=O) groups is 1. The van der Waals surface area contributed by atoms with Crippen LogP contribution in [0.5, 0.6) is 0 Å². The molecular formula is C15H18FN3O. The van der Waals surface area contributed by atoms with Gasteiger partial charge in [0.15, 0.2) is 0 Å². The molecule has 1 amide bonds. The lowest BCUT2D eigenvalue weighted by molar-refractivity contribution is -0.131. The fourth-order valence-corrected chi connectivity index (χ4v) is 2.76. The van der Waals surface area contributed by atoms with Crippen molar-refractivity contribution < 1.29 is 9.18 Å². The molecule has 2 heterocycles. The Labute approximate surface area is 117 Å². The molecule has 0 unspecified atom stereocenters. The summed E-state index contributed by atoms with van der Waals surface area (Å²) >= 11 is 0. The second-order valence-corrected chi connectivity index (χ2v) is 5.23. The Morgan fingerprint density at radius 3 is 2.85 bits per heavy atom. The molecule has 20 heavy (non-hydrogen) atoms. The lowest BCUT2D eigenvalue weighted by atomic mass is 10.1. The van der Waals surface area contributed by atoms with E-state index in [1.807, 2.05) is 11.8 Å². The number of H-pyrrole nitrogens is 1. The molecule has 0 saturated carbocycles. The molecule has 5 heteroatoms. The number of aromatic nitrogens is 1. The van der Waals surface area contributed by atoms with Crippen LogP contribution in [0.1, 0.15) is 11.3 Å². The largest absolute Gasteiger partial charge is 0.358 e. The molecule has 0 aliphatic carbocycles. The summed E-state index contributed by atoms with van der Waals surface area (Å²) in [6.07, 6.45) is 0.329. The van der Waals surface area contributed by atoms with Crippen LogP contribution >= 0.6 is 0 Å². The molecule has 2 aromatic rings. The smallest absolute Gasteiger partial charge is 0.227 e.